The quantitative estimate of drug-likeness (QED) is 0.832. The predicted molar refractivity (Wildman–Crippen MR) is 102 cm³/mol. The number of carbonyl (C=O) groups is 1. The van der Waals surface area contributed by atoms with Crippen LogP contribution in [0.15, 0.2) is 53.4 Å². The normalized spacial score (nSPS) is 16.3. The largest absolute Gasteiger partial charge is 0.337 e. The summed E-state index contributed by atoms with van der Waals surface area (Å²) in [5, 5.41) is 0. The van der Waals surface area contributed by atoms with E-state index in [4.69, 9.17) is 0 Å². The van der Waals surface area contributed by atoms with Crippen LogP contribution in [0.3, 0.4) is 0 Å². The number of hydrogen-bond donors (Lipinski definition) is 0. The average Bonchev–Trinajstić information content (AvgIpc) is 2.89. The predicted octanol–water partition coefficient (Wildman–Crippen LogP) is 2.84. The van der Waals surface area contributed by atoms with E-state index in [2.05, 4.69) is 0 Å². The highest BCUT2D eigenvalue weighted by Gasteiger charge is 2.29. The molecule has 1 amide bonds. The fourth-order valence-corrected chi connectivity index (χ4v) is 4.90. The molecule has 3 rings (SSSR count). The molecule has 1 aliphatic heterocycles. The van der Waals surface area contributed by atoms with Gasteiger partial charge in [0.1, 0.15) is 0 Å². The van der Waals surface area contributed by atoms with Crippen LogP contribution in [0.2, 0.25) is 0 Å². The monoisotopic (exact) mass is 372 g/mol. The number of rotatable bonds is 3. The van der Waals surface area contributed by atoms with Crippen molar-refractivity contribution in [3.8, 4) is 0 Å². The summed E-state index contributed by atoms with van der Waals surface area (Å²) in [6.07, 6.45) is 0.628. The summed E-state index contributed by atoms with van der Waals surface area (Å²) in [6.45, 7) is 5.49. The first-order valence-corrected chi connectivity index (χ1v) is 10.3. The zero-order chi connectivity index (χ0) is 18.7. The third-order valence-corrected chi connectivity index (χ3v) is 6.81. The highest BCUT2D eigenvalue weighted by atomic mass is 32.2. The number of amides is 1. The van der Waals surface area contributed by atoms with Crippen LogP contribution in [0, 0.1) is 13.8 Å². The van der Waals surface area contributed by atoms with E-state index in [1.807, 2.05) is 37.3 Å². The van der Waals surface area contributed by atoms with E-state index in [1.54, 1.807) is 30.0 Å². The number of aryl methyl sites for hydroxylation is 2. The van der Waals surface area contributed by atoms with E-state index < -0.39 is 10.0 Å². The van der Waals surface area contributed by atoms with Crippen molar-refractivity contribution >= 4 is 15.9 Å². The molecule has 0 aromatic heterocycles. The van der Waals surface area contributed by atoms with Gasteiger partial charge in [-0.05, 0) is 44.0 Å². The second-order valence-electron chi connectivity index (χ2n) is 6.68. The number of nitrogens with zero attached hydrogens (tertiary/aromatic N) is 2. The minimum absolute atomic E-state index is 0.0415. The number of sulfonamides is 1. The van der Waals surface area contributed by atoms with Crippen LogP contribution in [0.4, 0.5) is 0 Å². The van der Waals surface area contributed by atoms with Gasteiger partial charge in [0, 0.05) is 31.7 Å². The Morgan fingerprint density at radius 2 is 1.58 bits per heavy atom. The fraction of sp³-hybridized carbons (Fsp3) is 0.350. The van der Waals surface area contributed by atoms with Gasteiger partial charge in [-0.2, -0.15) is 4.31 Å². The Labute approximate surface area is 155 Å². The molecular formula is C20H24N2O3S. The first-order chi connectivity index (χ1) is 12.4. The molecule has 0 atom stereocenters. The molecule has 0 unspecified atom stereocenters. The summed E-state index contributed by atoms with van der Waals surface area (Å²) in [6, 6.07) is 14.5. The molecule has 2 aromatic carbocycles. The minimum atomic E-state index is -3.54. The summed E-state index contributed by atoms with van der Waals surface area (Å²) in [4.78, 5) is 14.8. The highest BCUT2D eigenvalue weighted by molar-refractivity contribution is 7.89. The molecule has 0 N–H and O–H groups in total. The molecule has 0 spiro atoms. The summed E-state index contributed by atoms with van der Waals surface area (Å²) < 4.78 is 27.4. The van der Waals surface area contributed by atoms with Crippen molar-refractivity contribution in [1.82, 2.24) is 9.21 Å². The Hall–Kier alpha value is -2.18. The molecule has 1 saturated heterocycles. The van der Waals surface area contributed by atoms with Crippen molar-refractivity contribution in [2.24, 2.45) is 0 Å². The molecule has 5 nitrogen and oxygen atoms in total. The molecule has 6 heteroatoms. The van der Waals surface area contributed by atoms with Crippen LogP contribution in [-0.2, 0) is 10.0 Å². The molecule has 138 valence electrons. The number of carbonyl (C=O) groups excluding carboxylic acids is 1. The minimum Gasteiger partial charge on any atom is -0.337 e. The van der Waals surface area contributed by atoms with Gasteiger partial charge in [0.05, 0.1) is 4.90 Å². The topological polar surface area (TPSA) is 57.7 Å². The molecule has 0 radical (unpaired) electrons. The van der Waals surface area contributed by atoms with E-state index in [0.717, 1.165) is 11.1 Å². The van der Waals surface area contributed by atoms with Gasteiger partial charge in [-0.1, -0.05) is 35.9 Å². The van der Waals surface area contributed by atoms with Crippen molar-refractivity contribution in [3.63, 3.8) is 0 Å². The summed E-state index contributed by atoms with van der Waals surface area (Å²) in [5.41, 5.74) is 2.49. The molecule has 0 aliphatic carbocycles. The Morgan fingerprint density at radius 3 is 2.27 bits per heavy atom. The van der Waals surface area contributed by atoms with Crippen LogP contribution < -0.4 is 0 Å². The van der Waals surface area contributed by atoms with E-state index in [9.17, 15) is 13.2 Å². The average molecular weight is 372 g/mol. The Kier molecular flexibility index (Phi) is 5.44. The molecular weight excluding hydrogens is 348 g/mol. The summed E-state index contributed by atoms with van der Waals surface area (Å²) >= 11 is 0. The summed E-state index contributed by atoms with van der Waals surface area (Å²) in [5.74, 6) is -0.0415. The first-order valence-electron chi connectivity index (χ1n) is 8.81. The first kappa shape index (κ1) is 18.6. The maximum Gasteiger partial charge on any atom is 0.253 e. The Morgan fingerprint density at radius 1 is 0.885 bits per heavy atom. The van der Waals surface area contributed by atoms with E-state index in [0.29, 0.717) is 43.1 Å². The van der Waals surface area contributed by atoms with Gasteiger partial charge >= 0.3 is 0 Å². The number of benzene rings is 2. The van der Waals surface area contributed by atoms with Gasteiger partial charge in [-0.25, -0.2) is 8.42 Å². The second kappa shape index (κ2) is 7.60. The van der Waals surface area contributed by atoms with Crippen molar-refractivity contribution in [1.29, 1.82) is 0 Å². The number of hydrogen-bond acceptors (Lipinski definition) is 3. The SMILES string of the molecule is Cc1ccc(C(=O)N2CCCN(S(=O)(=O)c3ccccc3C)CC2)cc1. The van der Waals surface area contributed by atoms with Gasteiger partial charge in [-0.15, -0.1) is 0 Å². The fourth-order valence-electron chi connectivity index (χ4n) is 3.20. The lowest BCUT2D eigenvalue weighted by atomic mass is 10.1. The Balaban J connectivity index is 1.75. The molecule has 26 heavy (non-hydrogen) atoms. The molecule has 0 saturated carbocycles. The smallest absolute Gasteiger partial charge is 0.253 e. The molecule has 1 aliphatic rings. The van der Waals surface area contributed by atoms with Crippen LogP contribution >= 0.6 is 0 Å². The lowest BCUT2D eigenvalue weighted by Gasteiger charge is -2.22. The zero-order valence-corrected chi connectivity index (χ0v) is 16.0. The van der Waals surface area contributed by atoms with Crippen LogP contribution in [0.5, 0.6) is 0 Å². The van der Waals surface area contributed by atoms with Gasteiger partial charge in [0.2, 0.25) is 10.0 Å². The van der Waals surface area contributed by atoms with Crippen molar-refractivity contribution in [3.05, 3.63) is 65.2 Å². The Bertz CT molecular complexity index is 892. The molecule has 1 fully saturated rings. The highest BCUT2D eigenvalue weighted by Crippen LogP contribution is 2.21. The van der Waals surface area contributed by atoms with Crippen molar-refractivity contribution in [2.75, 3.05) is 26.2 Å². The van der Waals surface area contributed by atoms with Crippen molar-refractivity contribution < 1.29 is 13.2 Å². The third kappa shape index (κ3) is 3.81. The van der Waals surface area contributed by atoms with Crippen LogP contribution in [0.1, 0.15) is 27.9 Å². The van der Waals surface area contributed by atoms with Crippen LogP contribution in [-0.4, -0.2) is 49.7 Å². The second-order valence-corrected chi connectivity index (χ2v) is 8.59. The summed E-state index contributed by atoms with van der Waals surface area (Å²) in [7, 11) is -3.54. The molecule has 2 aromatic rings. The maximum atomic E-state index is 13.0. The third-order valence-electron chi connectivity index (χ3n) is 4.75. The van der Waals surface area contributed by atoms with Gasteiger partial charge in [0.25, 0.3) is 5.91 Å². The lowest BCUT2D eigenvalue weighted by Crippen LogP contribution is -2.37. The van der Waals surface area contributed by atoms with Gasteiger partial charge in [0.15, 0.2) is 0 Å². The van der Waals surface area contributed by atoms with E-state index >= 15 is 0 Å². The van der Waals surface area contributed by atoms with E-state index in [1.165, 1.54) is 4.31 Å². The molecule has 1 heterocycles. The molecule has 0 bridgehead atoms. The standard InChI is InChI=1S/C20H24N2O3S/c1-16-8-10-18(11-9-16)20(23)21-12-5-13-22(15-14-21)26(24,25)19-7-4-3-6-17(19)2/h3-4,6-11H,5,12-15H2,1-2H3. The zero-order valence-electron chi connectivity index (χ0n) is 15.2. The maximum absolute atomic E-state index is 13.0. The van der Waals surface area contributed by atoms with Crippen molar-refractivity contribution in [2.45, 2.75) is 25.2 Å². The van der Waals surface area contributed by atoms with Crippen LogP contribution in [0.25, 0.3) is 0 Å². The van der Waals surface area contributed by atoms with E-state index in [-0.39, 0.29) is 5.91 Å². The van der Waals surface area contributed by atoms with Gasteiger partial charge < -0.3 is 4.90 Å². The van der Waals surface area contributed by atoms with Gasteiger partial charge in [-0.3, -0.25) is 4.79 Å². The lowest BCUT2D eigenvalue weighted by molar-refractivity contribution is 0.0764.